The van der Waals surface area contributed by atoms with E-state index < -0.39 is 0 Å². The zero-order chi connectivity index (χ0) is 15.8. The van der Waals surface area contributed by atoms with Crippen molar-refractivity contribution >= 4 is 61.5 Å². The van der Waals surface area contributed by atoms with Crippen LogP contribution in [0.2, 0.25) is 5.02 Å². The van der Waals surface area contributed by atoms with Crippen LogP contribution in [-0.2, 0) is 4.79 Å². The molecule has 0 spiro atoms. The van der Waals surface area contributed by atoms with Crippen molar-refractivity contribution in [1.29, 1.82) is 0 Å². The molecule has 1 aliphatic carbocycles. The van der Waals surface area contributed by atoms with Crippen LogP contribution in [-0.4, -0.2) is 16.1 Å². The second kappa shape index (κ2) is 6.03. The molecule has 0 unspecified atom stereocenters. The molecule has 0 aliphatic heterocycles. The zero-order valence-corrected chi connectivity index (χ0v) is 14.3. The van der Waals surface area contributed by atoms with Crippen LogP contribution in [0.5, 0.6) is 0 Å². The van der Waals surface area contributed by atoms with Gasteiger partial charge in [-0.3, -0.25) is 10.1 Å². The first-order valence-electron chi connectivity index (χ1n) is 7.20. The monoisotopic (exact) mass is 361 g/mol. The van der Waals surface area contributed by atoms with Crippen LogP contribution >= 0.6 is 34.3 Å². The van der Waals surface area contributed by atoms with Gasteiger partial charge in [0.05, 0.1) is 5.02 Å². The summed E-state index contributed by atoms with van der Waals surface area (Å²) in [7, 11) is 0. The summed E-state index contributed by atoms with van der Waals surface area (Å²) >= 11 is 9.37. The van der Waals surface area contributed by atoms with Gasteiger partial charge in [-0.1, -0.05) is 41.1 Å². The van der Waals surface area contributed by atoms with Crippen molar-refractivity contribution in [3.63, 3.8) is 0 Å². The van der Waals surface area contributed by atoms with Crippen LogP contribution in [0.25, 0.3) is 16.2 Å². The number of aromatic nitrogens is 2. The highest BCUT2D eigenvalue weighted by Crippen LogP contribution is 2.42. The van der Waals surface area contributed by atoms with E-state index in [1.165, 1.54) is 30.3 Å². The summed E-state index contributed by atoms with van der Waals surface area (Å²) in [6, 6.07) is 7.92. The summed E-state index contributed by atoms with van der Waals surface area (Å²) in [5.74, 6) is 0.322. The molecule has 4 nitrogen and oxygen atoms in total. The number of hydrogen-bond acceptors (Lipinski definition) is 5. The fourth-order valence-electron chi connectivity index (χ4n) is 2.22. The molecular formula is C16H12ClN3OS2. The van der Waals surface area contributed by atoms with Crippen molar-refractivity contribution in [2.75, 3.05) is 5.32 Å². The van der Waals surface area contributed by atoms with E-state index >= 15 is 0 Å². The summed E-state index contributed by atoms with van der Waals surface area (Å²) in [6.07, 6.45) is 5.57. The van der Waals surface area contributed by atoms with Gasteiger partial charge in [-0.25, -0.2) is 0 Å². The molecule has 116 valence electrons. The van der Waals surface area contributed by atoms with Crippen molar-refractivity contribution < 1.29 is 4.79 Å². The molecule has 7 heteroatoms. The fourth-order valence-corrected chi connectivity index (χ4v) is 4.53. The average molecular weight is 362 g/mol. The maximum absolute atomic E-state index is 12.0. The third kappa shape index (κ3) is 3.15. The highest BCUT2D eigenvalue weighted by atomic mass is 35.5. The molecule has 1 aliphatic rings. The number of carbonyl (C=O) groups excluding carboxylic acids is 1. The lowest BCUT2D eigenvalue weighted by Crippen LogP contribution is -2.07. The van der Waals surface area contributed by atoms with Crippen molar-refractivity contribution in [1.82, 2.24) is 10.2 Å². The molecule has 23 heavy (non-hydrogen) atoms. The van der Waals surface area contributed by atoms with Crippen LogP contribution in [0.4, 0.5) is 5.13 Å². The third-order valence-electron chi connectivity index (χ3n) is 3.54. The maximum atomic E-state index is 12.0. The number of carbonyl (C=O) groups is 1. The van der Waals surface area contributed by atoms with E-state index in [-0.39, 0.29) is 5.91 Å². The van der Waals surface area contributed by atoms with Gasteiger partial charge in [-0.05, 0) is 25.0 Å². The van der Waals surface area contributed by atoms with Gasteiger partial charge >= 0.3 is 0 Å². The van der Waals surface area contributed by atoms with Gasteiger partial charge in [0.25, 0.3) is 0 Å². The average Bonchev–Trinajstić information content (AvgIpc) is 3.22. The quantitative estimate of drug-likeness (QED) is 0.670. The van der Waals surface area contributed by atoms with Crippen LogP contribution in [0.3, 0.4) is 0 Å². The minimum atomic E-state index is -0.225. The first-order valence-corrected chi connectivity index (χ1v) is 9.21. The van der Waals surface area contributed by atoms with Crippen molar-refractivity contribution in [3.8, 4) is 0 Å². The van der Waals surface area contributed by atoms with E-state index in [1.54, 1.807) is 17.4 Å². The number of nitrogens with zero attached hydrogens (tertiary/aromatic N) is 2. The number of anilines is 1. The Morgan fingerprint density at radius 2 is 2.09 bits per heavy atom. The molecule has 4 rings (SSSR count). The third-order valence-corrected chi connectivity index (χ3v) is 6.20. The smallest absolute Gasteiger partial charge is 0.250 e. The second-order valence-electron chi connectivity index (χ2n) is 5.32. The van der Waals surface area contributed by atoms with Crippen LogP contribution in [0.15, 0.2) is 30.3 Å². The van der Waals surface area contributed by atoms with Crippen molar-refractivity contribution in [2.24, 2.45) is 0 Å². The number of amides is 1. The van der Waals surface area contributed by atoms with Gasteiger partial charge < -0.3 is 0 Å². The lowest BCUT2D eigenvalue weighted by atomic mass is 10.2. The van der Waals surface area contributed by atoms with Crippen LogP contribution < -0.4 is 5.32 Å². The van der Waals surface area contributed by atoms with Crippen molar-refractivity contribution in [2.45, 2.75) is 18.8 Å². The van der Waals surface area contributed by atoms with Gasteiger partial charge in [-0.15, -0.1) is 21.5 Å². The Hall–Kier alpha value is -1.76. The van der Waals surface area contributed by atoms with Gasteiger partial charge in [-0.2, -0.15) is 0 Å². The number of fused-ring (bicyclic) bond motifs is 1. The van der Waals surface area contributed by atoms with Gasteiger partial charge in [0.1, 0.15) is 5.01 Å². The van der Waals surface area contributed by atoms with E-state index in [1.807, 2.05) is 24.3 Å². The maximum Gasteiger partial charge on any atom is 0.250 e. The second-order valence-corrected chi connectivity index (χ2v) is 7.79. The molecule has 0 bridgehead atoms. The number of nitrogens with one attached hydrogen (secondary N) is 1. The van der Waals surface area contributed by atoms with E-state index in [9.17, 15) is 4.79 Å². The summed E-state index contributed by atoms with van der Waals surface area (Å²) in [5.41, 5.74) is 0. The molecule has 3 aromatic rings. The highest BCUT2D eigenvalue weighted by Gasteiger charge is 2.27. The van der Waals surface area contributed by atoms with E-state index in [4.69, 9.17) is 11.6 Å². The summed E-state index contributed by atoms with van der Waals surface area (Å²) in [5, 5.41) is 14.1. The number of thiophene rings is 1. The normalized spacial score (nSPS) is 14.7. The molecular weight excluding hydrogens is 350 g/mol. The van der Waals surface area contributed by atoms with Crippen molar-refractivity contribution in [3.05, 3.63) is 45.2 Å². The summed E-state index contributed by atoms with van der Waals surface area (Å²) in [6.45, 7) is 0. The van der Waals surface area contributed by atoms with Gasteiger partial charge in [0, 0.05) is 27.0 Å². The molecule has 2 heterocycles. The van der Waals surface area contributed by atoms with Gasteiger partial charge in [0.15, 0.2) is 0 Å². The Bertz CT molecular complexity index is 911. The molecule has 1 fully saturated rings. The molecule has 0 saturated heterocycles. The Balaban J connectivity index is 1.48. The Labute approximate surface area is 145 Å². The SMILES string of the molecule is O=C(/C=C/c1sc2ccccc2c1Cl)Nc1nnc(C2CC2)s1. The lowest BCUT2D eigenvalue weighted by molar-refractivity contribution is -0.111. The Kier molecular flexibility index (Phi) is 3.88. The Morgan fingerprint density at radius 1 is 1.26 bits per heavy atom. The topological polar surface area (TPSA) is 54.9 Å². The van der Waals surface area contributed by atoms with Crippen LogP contribution in [0.1, 0.15) is 28.6 Å². The lowest BCUT2D eigenvalue weighted by Gasteiger charge is -1.94. The molecule has 1 N–H and O–H groups in total. The molecule has 0 atom stereocenters. The van der Waals surface area contributed by atoms with Crippen LogP contribution in [0, 0.1) is 0 Å². The van der Waals surface area contributed by atoms with E-state index in [2.05, 4.69) is 15.5 Å². The zero-order valence-electron chi connectivity index (χ0n) is 12.0. The molecule has 1 saturated carbocycles. The highest BCUT2D eigenvalue weighted by molar-refractivity contribution is 7.20. The summed E-state index contributed by atoms with van der Waals surface area (Å²) < 4.78 is 1.11. The fraction of sp³-hybridized carbons (Fsp3) is 0.188. The van der Waals surface area contributed by atoms with E-state index in [0.29, 0.717) is 16.1 Å². The first-order chi connectivity index (χ1) is 11.2. The molecule has 1 amide bonds. The molecule has 1 aromatic carbocycles. The number of benzene rings is 1. The Morgan fingerprint density at radius 3 is 2.87 bits per heavy atom. The molecule has 2 aromatic heterocycles. The van der Waals surface area contributed by atoms with E-state index in [0.717, 1.165) is 20.0 Å². The predicted octanol–water partition coefficient (Wildman–Crippen LogP) is 4.94. The predicted molar refractivity (Wildman–Crippen MR) is 96.4 cm³/mol. The number of halogens is 1. The first kappa shape index (κ1) is 14.8. The largest absolute Gasteiger partial charge is 0.297 e. The summed E-state index contributed by atoms with van der Waals surface area (Å²) in [4.78, 5) is 12.9. The standard InChI is InChI=1S/C16H12ClN3OS2/c17-14-10-3-1-2-4-11(10)22-12(14)7-8-13(21)18-16-20-19-15(23-16)9-5-6-9/h1-4,7-9H,5-6H2,(H,18,20,21)/b8-7+. The molecule has 0 radical (unpaired) electrons. The minimum Gasteiger partial charge on any atom is -0.297 e. The van der Waals surface area contributed by atoms with Gasteiger partial charge in [0.2, 0.25) is 11.0 Å². The number of rotatable bonds is 4. The number of hydrogen-bond donors (Lipinski definition) is 1. The minimum absolute atomic E-state index is 0.225.